The van der Waals surface area contributed by atoms with Crippen LogP contribution in [0.15, 0.2) is 60.7 Å². The molecule has 0 saturated carbocycles. The maximum absolute atomic E-state index is 13.2. The van der Waals surface area contributed by atoms with E-state index in [-0.39, 0.29) is 24.5 Å². The van der Waals surface area contributed by atoms with Crippen LogP contribution in [0.1, 0.15) is 30.9 Å². The van der Waals surface area contributed by atoms with Gasteiger partial charge in [-0.1, -0.05) is 60.7 Å². The van der Waals surface area contributed by atoms with E-state index in [4.69, 9.17) is 4.74 Å². The minimum Gasteiger partial charge on any atom is -0.461 e. The van der Waals surface area contributed by atoms with Crippen molar-refractivity contribution < 1.29 is 9.53 Å². The molecule has 2 aromatic rings. The van der Waals surface area contributed by atoms with Gasteiger partial charge in [0.1, 0.15) is 11.5 Å². The quantitative estimate of drug-likeness (QED) is 0.771. The molecule has 0 aromatic heterocycles. The molecule has 0 aliphatic carbocycles. The number of halogens is 1. The van der Waals surface area contributed by atoms with Crippen molar-refractivity contribution >= 4 is 18.4 Å². The highest BCUT2D eigenvalue weighted by atomic mass is 35.5. The first-order valence-electron chi connectivity index (χ1n) is 8.61. The van der Waals surface area contributed by atoms with Crippen molar-refractivity contribution in [1.29, 1.82) is 0 Å². The summed E-state index contributed by atoms with van der Waals surface area (Å²) in [5.74, 6) is -0.158. The van der Waals surface area contributed by atoms with Crippen molar-refractivity contribution in [3.8, 4) is 0 Å². The zero-order chi connectivity index (χ0) is 17.0. The van der Waals surface area contributed by atoms with Gasteiger partial charge in [-0.15, -0.1) is 12.4 Å². The van der Waals surface area contributed by atoms with Gasteiger partial charge in [0, 0.05) is 13.1 Å². The van der Waals surface area contributed by atoms with Crippen LogP contribution in [0.4, 0.5) is 0 Å². The second kappa shape index (κ2) is 8.50. The zero-order valence-electron chi connectivity index (χ0n) is 14.9. The van der Waals surface area contributed by atoms with Crippen LogP contribution >= 0.6 is 12.4 Å². The average molecular weight is 360 g/mol. The fourth-order valence-electron chi connectivity index (χ4n) is 3.32. The molecule has 4 heteroatoms. The number of nitrogens with zero attached hydrogens (tertiary/aromatic N) is 1. The first-order chi connectivity index (χ1) is 11.6. The minimum absolute atomic E-state index is 0. The van der Waals surface area contributed by atoms with Crippen LogP contribution < -0.4 is 0 Å². The van der Waals surface area contributed by atoms with Crippen LogP contribution in [-0.2, 0) is 14.9 Å². The van der Waals surface area contributed by atoms with Gasteiger partial charge in [0.25, 0.3) is 0 Å². The van der Waals surface area contributed by atoms with Crippen LogP contribution in [-0.4, -0.2) is 37.1 Å². The van der Waals surface area contributed by atoms with Gasteiger partial charge in [-0.3, -0.25) is 4.79 Å². The first-order valence-corrected chi connectivity index (χ1v) is 8.61. The van der Waals surface area contributed by atoms with E-state index in [9.17, 15) is 4.79 Å². The maximum Gasteiger partial charge on any atom is 0.321 e. The number of likely N-dealkylation sites (tertiary alicyclic amines) is 1. The lowest BCUT2D eigenvalue weighted by Crippen LogP contribution is -2.41. The highest BCUT2D eigenvalue weighted by Gasteiger charge is 2.40. The number of benzene rings is 2. The normalized spacial score (nSPS) is 16.1. The van der Waals surface area contributed by atoms with Crippen LogP contribution in [0.5, 0.6) is 0 Å². The number of ether oxygens (including phenoxy) is 1. The Bertz CT molecular complexity index is 627. The first kappa shape index (κ1) is 19.5. The van der Waals surface area contributed by atoms with Gasteiger partial charge < -0.3 is 9.64 Å². The van der Waals surface area contributed by atoms with E-state index >= 15 is 0 Å². The Morgan fingerprint density at radius 2 is 1.40 bits per heavy atom. The van der Waals surface area contributed by atoms with Crippen LogP contribution in [0.25, 0.3) is 0 Å². The van der Waals surface area contributed by atoms with E-state index in [2.05, 4.69) is 11.9 Å². The molecule has 25 heavy (non-hydrogen) atoms. The van der Waals surface area contributed by atoms with Gasteiger partial charge in [0.2, 0.25) is 0 Å². The molecule has 1 fully saturated rings. The van der Waals surface area contributed by atoms with Gasteiger partial charge in [-0.25, -0.2) is 0 Å². The smallest absolute Gasteiger partial charge is 0.321 e. The Kier molecular flexibility index (Phi) is 6.63. The van der Waals surface area contributed by atoms with Crippen molar-refractivity contribution in [1.82, 2.24) is 4.90 Å². The zero-order valence-corrected chi connectivity index (χ0v) is 15.7. The summed E-state index contributed by atoms with van der Waals surface area (Å²) in [5, 5.41) is 0. The molecule has 0 amide bonds. The standard InChI is InChI=1S/C21H25NO2.ClH/c1-21(17-9-5-3-6-10-17,18-11-7-4-8-12-18)20(23)24-19-13-15-22(2)16-14-19;/h3-12,19H,13-16H2,1-2H3;1H. The number of esters is 1. The summed E-state index contributed by atoms with van der Waals surface area (Å²) < 4.78 is 5.95. The Balaban J connectivity index is 0.00000225. The molecular formula is C21H26ClNO2. The molecule has 0 unspecified atom stereocenters. The van der Waals surface area contributed by atoms with E-state index < -0.39 is 5.41 Å². The fraction of sp³-hybridized carbons (Fsp3) is 0.381. The number of piperidine rings is 1. The van der Waals surface area contributed by atoms with Crippen molar-refractivity contribution in [2.45, 2.75) is 31.3 Å². The molecule has 3 nitrogen and oxygen atoms in total. The fourth-order valence-corrected chi connectivity index (χ4v) is 3.32. The highest BCUT2D eigenvalue weighted by Crippen LogP contribution is 2.34. The molecule has 1 aliphatic rings. The van der Waals surface area contributed by atoms with Gasteiger partial charge in [-0.05, 0) is 37.9 Å². The third kappa shape index (κ3) is 4.23. The number of rotatable bonds is 4. The van der Waals surface area contributed by atoms with Gasteiger partial charge in [0.05, 0.1) is 0 Å². The lowest BCUT2D eigenvalue weighted by molar-refractivity contribution is -0.156. The SMILES string of the molecule is CN1CCC(OC(=O)C(C)(c2ccccc2)c2ccccc2)CC1.Cl. The maximum atomic E-state index is 13.2. The summed E-state index contributed by atoms with van der Waals surface area (Å²) in [7, 11) is 2.11. The molecule has 0 N–H and O–H groups in total. The lowest BCUT2D eigenvalue weighted by atomic mass is 9.76. The molecule has 1 saturated heterocycles. The topological polar surface area (TPSA) is 29.5 Å². The van der Waals surface area contributed by atoms with Gasteiger partial charge in [0.15, 0.2) is 0 Å². The predicted octanol–water partition coefficient (Wildman–Crippen LogP) is 4.05. The molecule has 0 atom stereocenters. The van der Waals surface area contributed by atoms with E-state index in [1.54, 1.807) is 0 Å². The van der Waals surface area contributed by atoms with Gasteiger partial charge in [-0.2, -0.15) is 0 Å². The highest BCUT2D eigenvalue weighted by molar-refractivity contribution is 5.87. The van der Waals surface area contributed by atoms with Crippen molar-refractivity contribution in [2.24, 2.45) is 0 Å². The number of hydrogen-bond donors (Lipinski definition) is 0. The van der Waals surface area contributed by atoms with Crippen molar-refractivity contribution in [3.05, 3.63) is 71.8 Å². The van der Waals surface area contributed by atoms with Crippen LogP contribution in [0, 0.1) is 0 Å². The number of carbonyl (C=O) groups is 1. The Morgan fingerprint density at radius 3 is 1.84 bits per heavy atom. The summed E-state index contributed by atoms with van der Waals surface area (Å²) in [4.78, 5) is 15.5. The average Bonchev–Trinajstić information content (AvgIpc) is 2.64. The van der Waals surface area contributed by atoms with E-state index in [0.717, 1.165) is 37.1 Å². The molecule has 0 spiro atoms. The molecule has 3 rings (SSSR count). The van der Waals surface area contributed by atoms with E-state index in [1.807, 2.05) is 67.6 Å². The molecule has 1 aliphatic heterocycles. The molecule has 134 valence electrons. The predicted molar refractivity (Wildman–Crippen MR) is 103 cm³/mol. The minimum atomic E-state index is -0.786. The lowest BCUT2D eigenvalue weighted by Gasteiger charge is -2.33. The summed E-state index contributed by atoms with van der Waals surface area (Å²) in [6.45, 7) is 3.92. The van der Waals surface area contributed by atoms with Crippen molar-refractivity contribution in [3.63, 3.8) is 0 Å². The summed E-state index contributed by atoms with van der Waals surface area (Å²) in [5.41, 5.74) is 1.15. The van der Waals surface area contributed by atoms with E-state index in [1.165, 1.54) is 0 Å². The molecule has 2 aromatic carbocycles. The molecular weight excluding hydrogens is 334 g/mol. The third-order valence-electron chi connectivity index (χ3n) is 5.05. The van der Waals surface area contributed by atoms with Crippen molar-refractivity contribution in [2.75, 3.05) is 20.1 Å². The monoisotopic (exact) mass is 359 g/mol. The van der Waals surface area contributed by atoms with Crippen LogP contribution in [0.3, 0.4) is 0 Å². The second-order valence-electron chi connectivity index (χ2n) is 6.76. The third-order valence-corrected chi connectivity index (χ3v) is 5.05. The van der Waals surface area contributed by atoms with Gasteiger partial charge >= 0.3 is 5.97 Å². The summed E-state index contributed by atoms with van der Waals surface area (Å²) >= 11 is 0. The number of hydrogen-bond acceptors (Lipinski definition) is 3. The Labute approximate surface area is 156 Å². The Hall–Kier alpha value is -1.84. The van der Waals surface area contributed by atoms with E-state index in [0.29, 0.717) is 0 Å². The molecule has 1 heterocycles. The summed E-state index contributed by atoms with van der Waals surface area (Å²) in [6.07, 6.45) is 1.82. The summed E-state index contributed by atoms with van der Waals surface area (Å²) in [6, 6.07) is 19.8. The molecule has 0 bridgehead atoms. The second-order valence-corrected chi connectivity index (χ2v) is 6.76. The largest absolute Gasteiger partial charge is 0.461 e. The van der Waals surface area contributed by atoms with Crippen LogP contribution in [0.2, 0.25) is 0 Å². The molecule has 0 radical (unpaired) electrons. The number of carbonyl (C=O) groups excluding carboxylic acids is 1. The Morgan fingerprint density at radius 1 is 0.960 bits per heavy atom.